The molecular formula is C30H15Cl3F8N4O2. The third-order valence-corrected chi connectivity index (χ3v) is 7.15. The minimum absolute atomic E-state index is 0.0587. The average Bonchev–Trinajstić information content (AvgIpc) is 3.61. The minimum Gasteiger partial charge on any atom is -0.475 e. The van der Waals surface area contributed by atoms with E-state index in [1.807, 2.05) is 0 Å². The van der Waals surface area contributed by atoms with Crippen molar-refractivity contribution in [2.24, 2.45) is 0 Å². The van der Waals surface area contributed by atoms with E-state index in [4.69, 9.17) is 39.9 Å². The van der Waals surface area contributed by atoms with Crippen LogP contribution in [0.3, 0.4) is 0 Å². The number of aromatic carboxylic acids is 1. The van der Waals surface area contributed by atoms with Gasteiger partial charge in [-0.05, 0) is 70.8 Å². The number of hydrogen-bond acceptors (Lipinski definition) is 3. The Balaban J connectivity index is 0.000000185. The molecule has 0 unspecified atom stereocenters. The van der Waals surface area contributed by atoms with Crippen molar-refractivity contribution in [1.29, 1.82) is 0 Å². The largest absolute Gasteiger partial charge is 0.475 e. The summed E-state index contributed by atoms with van der Waals surface area (Å²) in [5.74, 6) is -3.26. The van der Waals surface area contributed by atoms with Crippen LogP contribution in [-0.4, -0.2) is 31.0 Å². The summed E-state index contributed by atoms with van der Waals surface area (Å²) in [4.78, 5) is 23.1. The van der Waals surface area contributed by atoms with Crippen LogP contribution in [0.25, 0.3) is 44.3 Å². The zero-order valence-electron chi connectivity index (χ0n) is 22.8. The molecule has 6 nitrogen and oxygen atoms in total. The van der Waals surface area contributed by atoms with Crippen molar-refractivity contribution in [3.63, 3.8) is 0 Å². The van der Waals surface area contributed by atoms with Gasteiger partial charge in [0.15, 0.2) is 5.82 Å². The van der Waals surface area contributed by atoms with E-state index in [2.05, 4.69) is 19.9 Å². The zero-order valence-corrected chi connectivity index (χ0v) is 25.1. The summed E-state index contributed by atoms with van der Waals surface area (Å²) < 4.78 is 104. The molecule has 6 rings (SSSR count). The molecule has 0 bridgehead atoms. The first-order chi connectivity index (χ1) is 21.8. The van der Waals surface area contributed by atoms with Crippen LogP contribution < -0.4 is 0 Å². The first kappa shape index (κ1) is 33.9. The van der Waals surface area contributed by atoms with Crippen molar-refractivity contribution in [2.45, 2.75) is 16.1 Å². The Kier molecular flexibility index (Phi) is 8.90. The fourth-order valence-corrected chi connectivity index (χ4v) is 4.79. The second-order valence-corrected chi connectivity index (χ2v) is 12.1. The Morgan fingerprint density at radius 2 is 1.02 bits per heavy atom. The molecule has 4 aromatic carbocycles. The van der Waals surface area contributed by atoms with Crippen LogP contribution in [-0.2, 0) is 16.1 Å². The molecule has 2 heterocycles. The van der Waals surface area contributed by atoms with Gasteiger partial charge in [-0.25, -0.2) is 23.5 Å². The number of fused-ring (bicyclic) bond motifs is 2. The maximum Gasteiger partial charge on any atom is 0.418 e. The Bertz CT molecular complexity index is 2100. The van der Waals surface area contributed by atoms with E-state index < -0.39 is 56.2 Å². The van der Waals surface area contributed by atoms with Crippen molar-refractivity contribution in [3.05, 3.63) is 107 Å². The number of benzene rings is 4. The number of halogens is 11. The summed E-state index contributed by atoms with van der Waals surface area (Å²) >= 11 is 17.1. The fraction of sp³-hybridized carbons (Fsp3) is 0.100. The molecule has 0 aliphatic heterocycles. The highest BCUT2D eigenvalue weighted by Gasteiger charge is 2.37. The summed E-state index contributed by atoms with van der Waals surface area (Å²) in [6.45, 7) is 0. The predicted octanol–water partition coefficient (Wildman–Crippen LogP) is 10.3. The van der Waals surface area contributed by atoms with Gasteiger partial charge < -0.3 is 15.1 Å². The average molecular weight is 722 g/mol. The van der Waals surface area contributed by atoms with Crippen LogP contribution in [0.1, 0.15) is 27.6 Å². The molecule has 17 heteroatoms. The number of rotatable bonds is 3. The lowest BCUT2D eigenvalue weighted by Crippen LogP contribution is -2.07. The van der Waals surface area contributed by atoms with Gasteiger partial charge in [0, 0.05) is 0 Å². The first-order valence-electron chi connectivity index (χ1n) is 12.9. The van der Waals surface area contributed by atoms with E-state index >= 15 is 0 Å². The van der Waals surface area contributed by atoms with Gasteiger partial charge in [-0.15, -0.1) is 0 Å². The minimum atomic E-state index is -4.71. The van der Waals surface area contributed by atoms with Crippen molar-refractivity contribution in [2.75, 3.05) is 0 Å². The molecule has 0 saturated carbocycles. The van der Waals surface area contributed by atoms with Crippen LogP contribution in [0.2, 0.25) is 0 Å². The summed E-state index contributed by atoms with van der Waals surface area (Å²) in [7, 11) is 0. The molecule has 0 saturated heterocycles. The molecule has 0 atom stereocenters. The molecule has 2 aromatic heterocycles. The number of carbonyl (C=O) groups is 1. The van der Waals surface area contributed by atoms with Crippen molar-refractivity contribution >= 4 is 62.8 Å². The number of nitrogens with one attached hydrogen (secondary N) is 2. The smallest absolute Gasteiger partial charge is 0.418 e. The Hall–Kier alpha value is -4.40. The Morgan fingerprint density at radius 3 is 1.40 bits per heavy atom. The highest BCUT2D eigenvalue weighted by atomic mass is 35.6. The quantitative estimate of drug-likeness (QED) is 0.125. The second-order valence-electron chi connectivity index (χ2n) is 9.82. The zero-order chi connectivity index (χ0) is 34.5. The topological polar surface area (TPSA) is 94.7 Å². The number of H-pyrrole nitrogens is 2. The molecule has 3 N–H and O–H groups in total. The molecular weight excluding hydrogens is 707 g/mol. The molecule has 0 aliphatic carbocycles. The molecule has 0 aliphatic rings. The second kappa shape index (κ2) is 12.3. The summed E-state index contributed by atoms with van der Waals surface area (Å²) in [5, 5.41) is 8.88. The van der Waals surface area contributed by atoms with E-state index in [1.165, 1.54) is 36.4 Å². The number of aromatic nitrogens is 4. The molecule has 0 fully saturated rings. The number of carboxylic acid groups (broad SMARTS) is 1. The maximum absolute atomic E-state index is 13.4. The predicted molar refractivity (Wildman–Crippen MR) is 159 cm³/mol. The van der Waals surface area contributed by atoms with Crippen LogP contribution in [0.15, 0.2) is 72.8 Å². The van der Waals surface area contributed by atoms with Gasteiger partial charge in [0.1, 0.15) is 22.7 Å². The maximum atomic E-state index is 13.4. The molecule has 6 aromatic rings. The normalized spacial score (nSPS) is 12.3. The Labute approximate surface area is 272 Å². The fourth-order valence-electron chi connectivity index (χ4n) is 4.52. The SMILES string of the molecule is Fc1ccc(-c2cc(C(F)(F)F)c3nc(C(Cl)(Cl)Cl)[nH]c3c2)cc1.O=C(O)c1nc2c(C(F)(F)F)cc(-c3ccc(F)cc3)cc2[nH]1. The number of imidazole rings is 2. The number of hydrogen-bond donors (Lipinski definition) is 3. The Morgan fingerprint density at radius 1 is 0.617 bits per heavy atom. The number of nitrogens with zero attached hydrogens (tertiary/aromatic N) is 2. The van der Waals surface area contributed by atoms with Gasteiger partial charge in [-0.1, -0.05) is 59.1 Å². The lowest BCUT2D eigenvalue weighted by Gasteiger charge is -2.10. The van der Waals surface area contributed by atoms with Crippen molar-refractivity contribution in [1.82, 2.24) is 19.9 Å². The van der Waals surface area contributed by atoms with Crippen LogP contribution in [0.4, 0.5) is 35.1 Å². The molecule has 244 valence electrons. The number of aromatic amines is 2. The van der Waals surface area contributed by atoms with Crippen molar-refractivity contribution < 1.29 is 45.0 Å². The molecule has 47 heavy (non-hydrogen) atoms. The van der Waals surface area contributed by atoms with Crippen molar-refractivity contribution in [3.8, 4) is 22.3 Å². The van der Waals surface area contributed by atoms with Gasteiger partial charge in [-0.2, -0.15) is 26.3 Å². The van der Waals surface area contributed by atoms with E-state index in [1.54, 1.807) is 0 Å². The molecule has 0 radical (unpaired) electrons. The number of carboxylic acids is 1. The number of alkyl halides is 9. The lowest BCUT2D eigenvalue weighted by molar-refractivity contribution is -0.137. The summed E-state index contributed by atoms with van der Waals surface area (Å²) in [5.41, 5.74) is -1.68. The van der Waals surface area contributed by atoms with E-state index in [0.29, 0.717) is 11.1 Å². The molecule has 0 spiro atoms. The molecule has 0 amide bonds. The van der Waals surface area contributed by atoms with Crippen LogP contribution in [0, 0.1) is 11.6 Å². The van der Waals surface area contributed by atoms with Gasteiger partial charge >= 0.3 is 18.3 Å². The van der Waals surface area contributed by atoms with Gasteiger partial charge in [0.25, 0.3) is 0 Å². The standard InChI is InChI=1S/C15H7Cl3F4N2.C15H8F4N2O2/c16-14(17,18)13-23-11-6-8(7-1-3-9(19)4-2-7)5-10(12(11)24-13)15(20,21)22;16-9-3-1-7(2-4-9)8-5-10(15(17,18)19)12-11(6-8)20-13(21-12)14(22)23/h1-6H,(H,23,24);1-6H,(H,20,21)(H,22,23). The van der Waals surface area contributed by atoms with Crippen LogP contribution in [0.5, 0.6) is 0 Å². The van der Waals surface area contributed by atoms with Gasteiger partial charge in [-0.3, -0.25) is 0 Å². The highest BCUT2D eigenvalue weighted by Crippen LogP contribution is 2.42. The summed E-state index contributed by atoms with van der Waals surface area (Å²) in [6, 6.07) is 14.6. The van der Waals surface area contributed by atoms with E-state index in [-0.39, 0.29) is 33.5 Å². The highest BCUT2D eigenvalue weighted by molar-refractivity contribution is 6.66. The van der Waals surface area contributed by atoms with Gasteiger partial charge in [0.2, 0.25) is 9.62 Å². The van der Waals surface area contributed by atoms with E-state index in [0.717, 1.165) is 36.4 Å². The van der Waals surface area contributed by atoms with Crippen LogP contribution >= 0.6 is 34.8 Å². The lowest BCUT2D eigenvalue weighted by atomic mass is 10.0. The third kappa shape index (κ3) is 7.45. The monoisotopic (exact) mass is 720 g/mol. The summed E-state index contributed by atoms with van der Waals surface area (Å²) in [6.07, 6.45) is -9.37. The van der Waals surface area contributed by atoms with E-state index in [9.17, 15) is 39.9 Å². The van der Waals surface area contributed by atoms with Gasteiger partial charge in [0.05, 0.1) is 22.2 Å². The third-order valence-electron chi connectivity index (χ3n) is 6.61. The first-order valence-corrected chi connectivity index (χ1v) is 14.0.